The van der Waals surface area contributed by atoms with E-state index in [9.17, 15) is 19.7 Å². The summed E-state index contributed by atoms with van der Waals surface area (Å²) in [5.74, 6) is -0.615. The highest BCUT2D eigenvalue weighted by Gasteiger charge is 2.18. The molecule has 0 saturated carbocycles. The van der Waals surface area contributed by atoms with Crippen LogP contribution in [0.2, 0.25) is 0 Å². The molecule has 160 valence electrons. The Morgan fingerprint density at radius 3 is 2.23 bits per heavy atom. The molecule has 0 spiro atoms. The first kappa shape index (κ1) is 22.8. The largest absolute Gasteiger partial charge is 0.490 e. The van der Waals surface area contributed by atoms with E-state index in [4.69, 9.17) is 4.74 Å². The second kappa shape index (κ2) is 10.9. The number of methoxy groups -OCH3 is 1. The van der Waals surface area contributed by atoms with Gasteiger partial charge in [-0.05, 0) is 49.5 Å². The van der Waals surface area contributed by atoms with Crippen LogP contribution in [0.3, 0.4) is 0 Å². The number of anilines is 1. The van der Waals surface area contributed by atoms with Crippen LogP contribution in [0.15, 0.2) is 42.5 Å². The van der Waals surface area contributed by atoms with Crippen LogP contribution in [0.1, 0.15) is 34.6 Å². The summed E-state index contributed by atoms with van der Waals surface area (Å²) in [6.45, 7) is 7.33. The van der Waals surface area contributed by atoms with Gasteiger partial charge in [-0.3, -0.25) is 19.7 Å². The Bertz CT molecular complexity index is 895. The van der Waals surface area contributed by atoms with Gasteiger partial charge in [0.15, 0.2) is 5.75 Å². The fourth-order valence-electron chi connectivity index (χ4n) is 2.85. The van der Waals surface area contributed by atoms with Gasteiger partial charge in [-0.25, -0.2) is 0 Å². The van der Waals surface area contributed by atoms with Gasteiger partial charge in [0.2, 0.25) is 0 Å². The van der Waals surface area contributed by atoms with E-state index in [-0.39, 0.29) is 22.9 Å². The van der Waals surface area contributed by atoms with Gasteiger partial charge in [0.25, 0.3) is 11.8 Å². The molecule has 9 nitrogen and oxygen atoms in total. The van der Waals surface area contributed by atoms with Crippen molar-refractivity contribution < 1.29 is 19.2 Å². The summed E-state index contributed by atoms with van der Waals surface area (Å²) in [7, 11) is 1.32. The summed E-state index contributed by atoms with van der Waals surface area (Å²) < 4.78 is 4.94. The first-order valence-electron chi connectivity index (χ1n) is 9.64. The van der Waals surface area contributed by atoms with Crippen molar-refractivity contribution in [3.8, 4) is 5.75 Å². The SMILES string of the molecule is CCN(CC)CCNC(=O)c1ccc(NC(=O)c2ccc(OC)c([N+](=O)[O-])c2)cc1. The molecule has 30 heavy (non-hydrogen) atoms. The summed E-state index contributed by atoms with van der Waals surface area (Å²) in [6.07, 6.45) is 0. The first-order valence-corrected chi connectivity index (χ1v) is 9.64. The van der Waals surface area contributed by atoms with Gasteiger partial charge in [0.05, 0.1) is 12.0 Å². The average molecular weight is 414 g/mol. The summed E-state index contributed by atoms with van der Waals surface area (Å²) >= 11 is 0. The highest BCUT2D eigenvalue weighted by Crippen LogP contribution is 2.27. The molecular weight excluding hydrogens is 388 g/mol. The lowest BCUT2D eigenvalue weighted by Gasteiger charge is -2.18. The van der Waals surface area contributed by atoms with E-state index < -0.39 is 10.8 Å². The lowest BCUT2D eigenvalue weighted by Crippen LogP contribution is -2.34. The van der Waals surface area contributed by atoms with E-state index in [1.165, 1.54) is 19.2 Å². The Kier molecular flexibility index (Phi) is 8.30. The third-order valence-corrected chi connectivity index (χ3v) is 4.65. The molecular formula is C21H26N4O5. The minimum Gasteiger partial charge on any atom is -0.490 e. The maximum Gasteiger partial charge on any atom is 0.311 e. The van der Waals surface area contributed by atoms with Gasteiger partial charge in [-0.2, -0.15) is 0 Å². The average Bonchev–Trinajstić information content (AvgIpc) is 2.76. The Morgan fingerprint density at radius 2 is 1.67 bits per heavy atom. The predicted molar refractivity (Wildman–Crippen MR) is 114 cm³/mol. The summed E-state index contributed by atoms with van der Waals surface area (Å²) in [4.78, 5) is 37.4. The lowest BCUT2D eigenvalue weighted by molar-refractivity contribution is -0.385. The molecule has 0 aromatic heterocycles. The van der Waals surface area contributed by atoms with Crippen LogP contribution in [0, 0.1) is 10.1 Å². The molecule has 0 aliphatic rings. The Labute approximate surface area is 175 Å². The van der Waals surface area contributed by atoms with Gasteiger partial charge in [-0.1, -0.05) is 13.8 Å². The van der Waals surface area contributed by atoms with Gasteiger partial charge in [-0.15, -0.1) is 0 Å². The number of hydrogen-bond acceptors (Lipinski definition) is 6. The third kappa shape index (κ3) is 6.02. The van der Waals surface area contributed by atoms with Crippen molar-refractivity contribution in [2.24, 2.45) is 0 Å². The Morgan fingerprint density at radius 1 is 1.03 bits per heavy atom. The topological polar surface area (TPSA) is 114 Å². The normalized spacial score (nSPS) is 10.5. The zero-order valence-corrected chi connectivity index (χ0v) is 17.3. The highest BCUT2D eigenvalue weighted by atomic mass is 16.6. The van der Waals surface area contributed by atoms with E-state index in [1.54, 1.807) is 24.3 Å². The van der Waals surface area contributed by atoms with Gasteiger partial charge >= 0.3 is 5.69 Å². The molecule has 2 aromatic rings. The van der Waals surface area contributed by atoms with Gasteiger partial charge in [0, 0.05) is 36.0 Å². The zero-order chi connectivity index (χ0) is 22.1. The van der Waals surface area contributed by atoms with E-state index in [2.05, 4.69) is 29.4 Å². The van der Waals surface area contributed by atoms with Crippen LogP contribution in [0.25, 0.3) is 0 Å². The summed E-state index contributed by atoms with van der Waals surface area (Å²) in [6, 6.07) is 10.4. The van der Waals surface area contributed by atoms with Crippen LogP contribution in [-0.2, 0) is 0 Å². The summed E-state index contributed by atoms with van der Waals surface area (Å²) in [5, 5.41) is 16.6. The molecule has 0 heterocycles. The summed E-state index contributed by atoms with van der Waals surface area (Å²) in [5.41, 5.74) is 0.786. The number of amides is 2. The molecule has 0 unspecified atom stereocenters. The van der Waals surface area contributed by atoms with Crippen LogP contribution in [0.4, 0.5) is 11.4 Å². The highest BCUT2D eigenvalue weighted by molar-refractivity contribution is 6.05. The number of likely N-dealkylation sites (N-methyl/N-ethyl adjacent to an activating group) is 1. The maximum atomic E-state index is 12.4. The van der Waals surface area contributed by atoms with Crippen LogP contribution in [0.5, 0.6) is 5.75 Å². The zero-order valence-electron chi connectivity index (χ0n) is 17.3. The second-order valence-electron chi connectivity index (χ2n) is 6.46. The quantitative estimate of drug-likeness (QED) is 0.456. The van der Waals surface area contributed by atoms with Crippen molar-refractivity contribution >= 4 is 23.2 Å². The molecule has 0 aliphatic carbocycles. The standard InChI is InChI=1S/C21H26N4O5/c1-4-24(5-2)13-12-22-20(26)15-6-9-17(10-7-15)23-21(27)16-8-11-19(30-3)18(14-16)25(28)29/h6-11,14H,4-5,12-13H2,1-3H3,(H,22,26)(H,23,27). The van der Waals surface area contributed by atoms with Crippen LogP contribution < -0.4 is 15.4 Å². The molecule has 0 fully saturated rings. The number of ether oxygens (including phenoxy) is 1. The van der Waals surface area contributed by atoms with Crippen LogP contribution >= 0.6 is 0 Å². The monoisotopic (exact) mass is 414 g/mol. The number of nitro benzene ring substituents is 1. The van der Waals surface area contributed by atoms with Crippen molar-refractivity contribution in [2.75, 3.05) is 38.6 Å². The third-order valence-electron chi connectivity index (χ3n) is 4.65. The predicted octanol–water partition coefficient (Wildman–Crippen LogP) is 2.93. The molecule has 2 amide bonds. The molecule has 2 N–H and O–H groups in total. The minimum atomic E-state index is -0.608. The van der Waals surface area contributed by atoms with E-state index >= 15 is 0 Å². The lowest BCUT2D eigenvalue weighted by atomic mass is 10.1. The minimum absolute atomic E-state index is 0.0768. The first-order chi connectivity index (χ1) is 14.4. The fraction of sp³-hybridized carbons (Fsp3) is 0.333. The molecule has 0 radical (unpaired) electrons. The second-order valence-corrected chi connectivity index (χ2v) is 6.46. The van der Waals surface area contributed by atoms with Crippen molar-refractivity contribution in [2.45, 2.75) is 13.8 Å². The smallest absolute Gasteiger partial charge is 0.311 e. The molecule has 0 bridgehead atoms. The maximum absolute atomic E-state index is 12.4. The van der Waals surface area contributed by atoms with Crippen LogP contribution in [-0.4, -0.2) is 54.9 Å². The number of nitrogens with zero attached hydrogens (tertiary/aromatic N) is 2. The van der Waals surface area contributed by atoms with E-state index in [0.29, 0.717) is 17.8 Å². The molecule has 2 rings (SSSR count). The molecule has 0 aliphatic heterocycles. The molecule has 0 saturated heterocycles. The molecule has 0 atom stereocenters. The number of carbonyl (C=O) groups excluding carboxylic acids is 2. The van der Waals surface area contributed by atoms with E-state index in [1.807, 2.05) is 0 Å². The number of benzene rings is 2. The number of nitro groups is 1. The number of rotatable bonds is 10. The van der Waals surface area contributed by atoms with Crippen molar-refractivity contribution in [1.29, 1.82) is 0 Å². The van der Waals surface area contributed by atoms with E-state index in [0.717, 1.165) is 25.7 Å². The number of nitrogens with one attached hydrogen (secondary N) is 2. The van der Waals surface area contributed by atoms with Crippen molar-refractivity contribution in [3.05, 3.63) is 63.7 Å². The fourth-order valence-corrected chi connectivity index (χ4v) is 2.85. The number of carbonyl (C=O) groups is 2. The van der Waals surface area contributed by atoms with Gasteiger partial charge < -0.3 is 20.3 Å². The Hall–Kier alpha value is -3.46. The van der Waals surface area contributed by atoms with Crippen molar-refractivity contribution in [3.63, 3.8) is 0 Å². The Balaban J connectivity index is 1.98. The molecule has 9 heteroatoms. The number of hydrogen-bond donors (Lipinski definition) is 2. The van der Waals surface area contributed by atoms with Gasteiger partial charge in [0.1, 0.15) is 0 Å². The molecule has 2 aromatic carbocycles. The van der Waals surface area contributed by atoms with Crippen molar-refractivity contribution in [1.82, 2.24) is 10.2 Å².